The van der Waals surface area contributed by atoms with Gasteiger partial charge in [0.25, 0.3) is 0 Å². The van der Waals surface area contributed by atoms with E-state index in [2.05, 4.69) is 9.47 Å². The summed E-state index contributed by atoms with van der Waals surface area (Å²) in [5, 5.41) is 16.8. The molecule has 0 aromatic rings. The minimum absolute atomic E-state index is 0.289. The van der Waals surface area contributed by atoms with Gasteiger partial charge in [-0.15, -0.1) is 0 Å². The molecule has 0 aromatic heterocycles. The van der Waals surface area contributed by atoms with Crippen molar-refractivity contribution < 1.29 is 35.8 Å². The Labute approximate surface area is 115 Å². The Kier molecular flexibility index (Phi) is 5.07. The summed E-state index contributed by atoms with van der Waals surface area (Å²) in [6.07, 6.45) is -16.0. The van der Waals surface area contributed by atoms with Gasteiger partial charge in [0.2, 0.25) is 0 Å². The molecule has 118 valence electrons. The molecule has 1 fully saturated rings. The largest absolute Gasteiger partial charge is 0.453 e. The Balaban J connectivity index is 3.08. The first-order valence-corrected chi connectivity index (χ1v) is 5.82. The Hall–Kier alpha value is -1.52. The van der Waals surface area contributed by atoms with Crippen molar-refractivity contribution in [3.63, 3.8) is 0 Å². The van der Waals surface area contributed by atoms with Crippen LogP contribution in [0.1, 0.15) is 25.7 Å². The van der Waals surface area contributed by atoms with Crippen LogP contribution in [0.4, 0.5) is 26.3 Å². The van der Waals surface area contributed by atoms with Crippen LogP contribution in [0.3, 0.4) is 0 Å². The summed E-state index contributed by atoms with van der Waals surface area (Å²) < 4.78 is 85.1. The number of alkyl halides is 6. The molecule has 0 radical (unpaired) electrons. The average Bonchev–Trinajstić information content (AvgIpc) is 2.73. The van der Waals surface area contributed by atoms with Crippen molar-refractivity contribution in [2.45, 2.75) is 56.0 Å². The highest BCUT2D eigenvalue weighted by Crippen LogP contribution is 2.52. The van der Waals surface area contributed by atoms with Crippen molar-refractivity contribution >= 4 is 0 Å². The molecule has 10 heteroatoms. The van der Waals surface area contributed by atoms with E-state index in [0.717, 1.165) is 0 Å². The SMILES string of the molecule is N#CCCC1OC(C(F)(F)F)(C(F)(F)F)OC1CCC#N. The van der Waals surface area contributed by atoms with E-state index in [9.17, 15) is 26.3 Å². The third kappa shape index (κ3) is 3.39. The van der Waals surface area contributed by atoms with Crippen LogP contribution in [-0.4, -0.2) is 30.3 Å². The molecule has 1 rings (SSSR count). The lowest BCUT2D eigenvalue weighted by molar-refractivity contribution is -0.446. The minimum Gasteiger partial charge on any atom is -0.329 e. The zero-order valence-electron chi connectivity index (χ0n) is 10.5. The summed E-state index contributed by atoms with van der Waals surface area (Å²) in [5.74, 6) is -4.71. The van der Waals surface area contributed by atoms with E-state index in [0.29, 0.717) is 0 Å². The standard InChI is InChI=1S/C11H10F6N2O2/c12-10(13,14)9(11(15,16)17)20-7(3-1-5-18)8(21-9)4-2-6-19/h7-8H,1-4H2. The number of hydrogen-bond acceptors (Lipinski definition) is 4. The van der Waals surface area contributed by atoms with Gasteiger partial charge in [0.1, 0.15) is 0 Å². The lowest BCUT2D eigenvalue weighted by atomic mass is 10.1. The summed E-state index contributed by atoms with van der Waals surface area (Å²) in [4.78, 5) is 0. The maximum atomic E-state index is 12.8. The van der Waals surface area contributed by atoms with E-state index >= 15 is 0 Å². The molecule has 2 unspecified atom stereocenters. The molecule has 0 amide bonds. The third-order valence-corrected chi connectivity index (χ3v) is 2.88. The molecule has 1 saturated heterocycles. The second-order valence-electron chi connectivity index (χ2n) is 4.32. The fourth-order valence-corrected chi connectivity index (χ4v) is 1.94. The first kappa shape index (κ1) is 17.5. The third-order valence-electron chi connectivity index (χ3n) is 2.88. The predicted molar refractivity (Wildman–Crippen MR) is 54.3 cm³/mol. The maximum Gasteiger partial charge on any atom is 0.453 e. The van der Waals surface area contributed by atoms with E-state index < -0.39 is 30.3 Å². The van der Waals surface area contributed by atoms with Crippen molar-refractivity contribution in [2.24, 2.45) is 0 Å². The van der Waals surface area contributed by atoms with Crippen LogP contribution in [0, 0.1) is 22.7 Å². The van der Waals surface area contributed by atoms with Crippen LogP contribution < -0.4 is 0 Å². The second kappa shape index (κ2) is 6.08. The van der Waals surface area contributed by atoms with Crippen LogP contribution in [0.15, 0.2) is 0 Å². The smallest absolute Gasteiger partial charge is 0.329 e. The minimum atomic E-state index is -5.82. The molecule has 0 aromatic carbocycles. The van der Waals surface area contributed by atoms with Gasteiger partial charge in [0, 0.05) is 12.8 Å². The molecule has 0 aliphatic carbocycles. The number of nitrogens with zero attached hydrogens (tertiary/aromatic N) is 2. The summed E-state index contributed by atoms with van der Waals surface area (Å²) in [6, 6.07) is 3.23. The number of ether oxygens (including phenoxy) is 2. The van der Waals surface area contributed by atoms with Gasteiger partial charge in [0.15, 0.2) is 0 Å². The highest BCUT2D eigenvalue weighted by Gasteiger charge is 2.78. The molecule has 1 aliphatic rings. The van der Waals surface area contributed by atoms with Gasteiger partial charge in [-0.1, -0.05) is 0 Å². The van der Waals surface area contributed by atoms with Crippen molar-refractivity contribution in [3.05, 3.63) is 0 Å². The zero-order valence-corrected chi connectivity index (χ0v) is 10.5. The molecular formula is C11H10F6N2O2. The van der Waals surface area contributed by atoms with E-state index in [1.54, 1.807) is 12.1 Å². The molecule has 0 N–H and O–H groups in total. The zero-order chi connectivity index (χ0) is 16.3. The first-order chi connectivity index (χ1) is 9.59. The maximum absolute atomic E-state index is 12.8. The summed E-state index contributed by atoms with van der Waals surface area (Å²) in [7, 11) is 0. The summed E-state index contributed by atoms with van der Waals surface area (Å²) in [6.45, 7) is 0. The second-order valence-corrected chi connectivity index (χ2v) is 4.32. The Morgan fingerprint density at radius 3 is 1.38 bits per heavy atom. The Morgan fingerprint density at radius 1 is 0.810 bits per heavy atom. The predicted octanol–water partition coefficient (Wildman–Crippen LogP) is 3.20. The molecule has 0 spiro atoms. The van der Waals surface area contributed by atoms with Gasteiger partial charge >= 0.3 is 18.1 Å². The Morgan fingerprint density at radius 2 is 1.14 bits per heavy atom. The van der Waals surface area contributed by atoms with Gasteiger partial charge in [-0.3, -0.25) is 0 Å². The van der Waals surface area contributed by atoms with E-state index in [-0.39, 0.29) is 25.7 Å². The van der Waals surface area contributed by atoms with Crippen molar-refractivity contribution in [2.75, 3.05) is 0 Å². The lowest BCUT2D eigenvalue weighted by Gasteiger charge is -2.31. The molecule has 1 heterocycles. The van der Waals surface area contributed by atoms with Crippen molar-refractivity contribution in [3.8, 4) is 12.1 Å². The average molecular weight is 316 g/mol. The monoisotopic (exact) mass is 316 g/mol. The van der Waals surface area contributed by atoms with Crippen LogP contribution in [0.2, 0.25) is 0 Å². The van der Waals surface area contributed by atoms with Gasteiger partial charge in [0.05, 0.1) is 24.3 Å². The number of hydrogen-bond donors (Lipinski definition) is 0. The molecule has 2 atom stereocenters. The fourth-order valence-electron chi connectivity index (χ4n) is 1.94. The van der Waals surface area contributed by atoms with E-state index in [1.807, 2.05) is 0 Å². The van der Waals surface area contributed by atoms with Crippen molar-refractivity contribution in [1.82, 2.24) is 0 Å². The summed E-state index contributed by atoms with van der Waals surface area (Å²) in [5.41, 5.74) is 0. The molecule has 21 heavy (non-hydrogen) atoms. The van der Waals surface area contributed by atoms with Crippen molar-refractivity contribution in [1.29, 1.82) is 10.5 Å². The van der Waals surface area contributed by atoms with Gasteiger partial charge in [-0.2, -0.15) is 36.9 Å². The van der Waals surface area contributed by atoms with Gasteiger partial charge in [-0.05, 0) is 12.8 Å². The highest BCUT2D eigenvalue weighted by atomic mass is 19.4. The Bertz CT molecular complexity index is 406. The van der Waals surface area contributed by atoms with E-state index in [1.165, 1.54) is 0 Å². The van der Waals surface area contributed by atoms with Crippen LogP contribution >= 0.6 is 0 Å². The molecule has 0 saturated carbocycles. The lowest BCUT2D eigenvalue weighted by Crippen LogP contribution is -2.58. The first-order valence-electron chi connectivity index (χ1n) is 5.82. The molecule has 1 aliphatic heterocycles. The number of nitriles is 2. The van der Waals surface area contributed by atoms with E-state index in [4.69, 9.17) is 10.5 Å². The van der Waals surface area contributed by atoms with Gasteiger partial charge < -0.3 is 9.47 Å². The molecule has 0 bridgehead atoms. The number of halogens is 6. The molecule has 4 nitrogen and oxygen atoms in total. The van der Waals surface area contributed by atoms with Crippen LogP contribution in [0.5, 0.6) is 0 Å². The summed E-state index contributed by atoms with van der Waals surface area (Å²) >= 11 is 0. The highest BCUT2D eigenvalue weighted by molar-refractivity contribution is 4.97. The number of rotatable bonds is 4. The van der Waals surface area contributed by atoms with Gasteiger partial charge in [-0.25, -0.2) is 0 Å². The van der Waals surface area contributed by atoms with Crippen LogP contribution in [-0.2, 0) is 9.47 Å². The quantitative estimate of drug-likeness (QED) is 0.747. The molecular weight excluding hydrogens is 306 g/mol. The van der Waals surface area contributed by atoms with Crippen LogP contribution in [0.25, 0.3) is 0 Å². The fraction of sp³-hybridized carbons (Fsp3) is 0.818. The topological polar surface area (TPSA) is 66.0 Å². The normalized spacial score (nSPS) is 25.3.